The fraction of sp³-hybridized carbons (Fsp3) is 0.471. The van der Waals surface area contributed by atoms with E-state index in [0.717, 1.165) is 6.54 Å². The van der Waals surface area contributed by atoms with Crippen molar-refractivity contribution in [2.24, 2.45) is 7.05 Å². The zero-order chi connectivity index (χ0) is 14.9. The first-order valence-electron chi connectivity index (χ1n) is 7.22. The van der Waals surface area contributed by atoms with Crippen LogP contribution in [0.4, 0.5) is 5.69 Å². The highest BCUT2D eigenvalue weighted by Crippen LogP contribution is 2.24. The SMILES string of the molecule is Cc1cc(C)c(NCc2cn(C)nc2C(C)C)c(C)c1. The van der Waals surface area contributed by atoms with Crippen molar-refractivity contribution in [3.05, 3.63) is 46.3 Å². The van der Waals surface area contributed by atoms with E-state index in [-0.39, 0.29) is 0 Å². The largest absolute Gasteiger partial charge is 0.380 e. The minimum absolute atomic E-state index is 0.452. The first-order valence-corrected chi connectivity index (χ1v) is 7.22. The first-order chi connectivity index (χ1) is 9.38. The topological polar surface area (TPSA) is 29.9 Å². The number of nitrogens with zero attached hydrogens (tertiary/aromatic N) is 2. The smallest absolute Gasteiger partial charge is 0.0699 e. The lowest BCUT2D eigenvalue weighted by atomic mass is 10.0. The van der Waals surface area contributed by atoms with Gasteiger partial charge in [-0.15, -0.1) is 0 Å². The van der Waals surface area contributed by atoms with Crippen LogP contribution in [0.15, 0.2) is 18.3 Å². The van der Waals surface area contributed by atoms with Crippen molar-refractivity contribution < 1.29 is 0 Å². The van der Waals surface area contributed by atoms with Crippen LogP contribution in [-0.4, -0.2) is 9.78 Å². The van der Waals surface area contributed by atoms with Crippen molar-refractivity contribution >= 4 is 5.69 Å². The maximum Gasteiger partial charge on any atom is 0.0699 e. The first kappa shape index (κ1) is 14.6. The van der Waals surface area contributed by atoms with Gasteiger partial charge in [0.1, 0.15) is 0 Å². The van der Waals surface area contributed by atoms with Gasteiger partial charge >= 0.3 is 0 Å². The lowest BCUT2D eigenvalue weighted by Crippen LogP contribution is -2.05. The Bertz CT molecular complexity index is 586. The van der Waals surface area contributed by atoms with E-state index in [4.69, 9.17) is 0 Å². The molecular weight excluding hydrogens is 246 g/mol. The van der Waals surface area contributed by atoms with Crippen LogP contribution in [0.25, 0.3) is 0 Å². The number of hydrogen-bond acceptors (Lipinski definition) is 2. The minimum Gasteiger partial charge on any atom is -0.380 e. The number of anilines is 1. The summed E-state index contributed by atoms with van der Waals surface area (Å²) in [5.41, 5.74) is 7.63. The molecule has 1 N–H and O–H groups in total. The summed E-state index contributed by atoms with van der Waals surface area (Å²) in [5.74, 6) is 0.452. The third-order valence-electron chi connectivity index (χ3n) is 3.62. The summed E-state index contributed by atoms with van der Waals surface area (Å²) in [6, 6.07) is 4.45. The van der Waals surface area contributed by atoms with E-state index in [1.54, 1.807) is 0 Å². The Hall–Kier alpha value is -1.77. The lowest BCUT2D eigenvalue weighted by Gasteiger charge is -2.14. The average Bonchev–Trinajstić information content (AvgIpc) is 2.69. The molecule has 20 heavy (non-hydrogen) atoms. The summed E-state index contributed by atoms with van der Waals surface area (Å²) in [4.78, 5) is 0. The molecular formula is C17H25N3. The van der Waals surface area contributed by atoms with Crippen LogP contribution >= 0.6 is 0 Å². The molecule has 3 heteroatoms. The Morgan fingerprint density at radius 3 is 2.30 bits per heavy atom. The van der Waals surface area contributed by atoms with E-state index in [9.17, 15) is 0 Å². The summed E-state index contributed by atoms with van der Waals surface area (Å²) in [5, 5.41) is 8.14. The van der Waals surface area contributed by atoms with Crippen LogP contribution in [0, 0.1) is 20.8 Å². The van der Waals surface area contributed by atoms with Crippen molar-refractivity contribution in [3.63, 3.8) is 0 Å². The van der Waals surface area contributed by atoms with Crippen LogP contribution in [0.2, 0.25) is 0 Å². The van der Waals surface area contributed by atoms with Crippen LogP contribution < -0.4 is 5.32 Å². The molecule has 1 heterocycles. The molecule has 0 amide bonds. The van der Waals surface area contributed by atoms with Gasteiger partial charge in [-0.1, -0.05) is 31.5 Å². The van der Waals surface area contributed by atoms with Crippen molar-refractivity contribution in [1.82, 2.24) is 9.78 Å². The summed E-state index contributed by atoms with van der Waals surface area (Å²) >= 11 is 0. The molecule has 108 valence electrons. The van der Waals surface area contributed by atoms with Crippen LogP contribution in [-0.2, 0) is 13.6 Å². The molecule has 0 atom stereocenters. The summed E-state index contributed by atoms with van der Waals surface area (Å²) in [6.07, 6.45) is 2.11. The fourth-order valence-electron chi connectivity index (χ4n) is 2.82. The normalized spacial score (nSPS) is 11.2. The molecule has 0 spiro atoms. The van der Waals surface area contributed by atoms with E-state index in [1.165, 1.54) is 33.6 Å². The summed E-state index contributed by atoms with van der Waals surface area (Å²) in [6.45, 7) is 11.7. The number of benzene rings is 1. The second kappa shape index (κ2) is 5.70. The Balaban J connectivity index is 2.21. The molecule has 1 aromatic carbocycles. The number of aromatic nitrogens is 2. The van der Waals surface area contributed by atoms with Crippen molar-refractivity contribution in [2.45, 2.75) is 47.1 Å². The monoisotopic (exact) mass is 271 g/mol. The van der Waals surface area contributed by atoms with Crippen LogP contribution in [0.1, 0.15) is 47.7 Å². The molecule has 0 radical (unpaired) electrons. The number of rotatable bonds is 4. The van der Waals surface area contributed by atoms with Crippen molar-refractivity contribution in [3.8, 4) is 0 Å². The average molecular weight is 271 g/mol. The number of nitrogens with one attached hydrogen (secondary N) is 1. The second-order valence-corrected chi connectivity index (χ2v) is 6.00. The van der Waals surface area contributed by atoms with Gasteiger partial charge in [-0.2, -0.15) is 5.10 Å². The van der Waals surface area contributed by atoms with Crippen LogP contribution in [0.3, 0.4) is 0 Å². The van der Waals surface area contributed by atoms with Gasteiger partial charge in [-0.3, -0.25) is 4.68 Å². The van der Waals surface area contributed by atoms with Gasteiger partial charge in [0.15, 0.2) is 0 Å². The minimum atomic E-state index is 0.452. The van der Waals surface area contributed by atoms with E-state index in [0.29, 0.717) is 5.92 Å². The van der Waals surface area contributed by atoms with Crippen molar-refractivity contribution in [1.29, 1.82) is 0 Å². The fourth-order valence-corrected chi connectivity index (χ4v) is 2.82. The number of hydrogen-bond donors (Lipinski definition) is 1. The Morgan fingerprint density at radius 2 is 1.75 bits per heavy atom. The molecule has 0 aliphatic heterocycles. The van der Waals surface area contributed by atoms with Gasteiger partial charge in [-0.25, -0.2) is 0 Å². The molecule has 0 saturated heterocycles. The predicted octanol–water partition coefficient (Wildman–Crippen LogP) is 4.08. The Kier molecular flexibility index (Phi) is 4.17. The zero-order valence-electron chi connectivity index (χ0n) is 13.4. The molecule has 0 aliphatic carbocycles. The lowest BCUT2D eigenvalue weighted by molar-refractivity contribution is 0.712. The Morgan fingerprint density at radius 1 is 1.15 bits per heavy atom. The standard InChI is InChI=1S/C17H25N3/c1-11(2)16-15(10-20(6)19-16)9-18-17-13(4)7-12(3)8-14(17)5/h7-8,10-11,18H,9H2,1-6H3. The second-order valence-electron chi connectivity index (χ2n) is 6.00. The molecule has 0 bridgehead atoms. The van der Waals surface area contributed by atoms with Crippen LogP contribution in [0.5, 0.6) is 0 Å². The van der Waals surface area contributed by atoms with E-state index >= 15 is 0 Å². The van der Waals surface area contributed by atoms with Gasteiger partial charge in [0.05, 0.1) is 5.69 Å². The number of aryl methyl sites for hydroxylation is 4. The van der Waals surface area contributed by atoms with Gasteiger partial charge < -0.3 is 5.32 Å². The zero-order valence-corrected chi connectivity index (χ0v) is 13.4. The van der Waals surface area contributed by atoms with Gasteiger partial charge in [0.2, 0.25) is 0 Å². The highest BCUT2D eigenvalue weighted by atomic mass is 15.3. The molecule has 1 aromatic heterocycles. The molecule has 0 unspecified atom stereocenters. The molecule has 2 rings (SSSR count). The molecule has 0 fully saturated rings. The quantitative estimate of drug-likeness (QED) is 0.908. The summed E-state index contributed by atoms with van der Waals surface area (Å²) < 4.78 is 1.90. The molecule has 2 aromatic rings. The predicted molar refractivity (Wildman–Crippen MR) is 85.3 cm³/mol. The maximum atomic E-state index is 4.56. The third-order valence-corrected chi connectivity index (χ3v) is 3.62. The molecule has 3 nitrogen and oxygen atoms in total. The van der Waals surface area contributed by atoms with E-state index in [1.807, 2.05) is 11.7 Å². The van der Waals surface area contributed by atoms with Crippen molar-refractivity contribution in [2.75, 3.05) is 5.32 Å². The van der Waals surface area contributed by atoms with Gasteiger partial charge in [-0.05, 0) is 37.8 Å². The highest BCUT2D eigenvalue weighted by Gasteiger charge is 2.12. The Labute approximate surface area is 122 Å². The van der Waals surface area contributed by atoms with E-state index < -0.39 is 0 Å². The van der Waals surface area contributed by atoms with E-state index in [2.05, 4.69) is 63.4 Å². The molecule has 0 saturated carbocycles. The highest BCUT2D eigenvalue weighted by molar-refractivity contribution is 5.58. The van der Waals surface area contributed by atoms with Gasteiger partial charge in [0, 0.05) is 31.0 Å². The third kappa shape index (κ3) is 3.03. The molecule has 0 aliphatic rings. The maximum absolute atomic E-state index is 4.56. The van der Waals surface area contributed by atoms with Gasteiger partial charge in [0.25, 0.3) is 0 Å². The summed E-state index contributed by atoms with van der Waals surface area (Å²) in [7, 11) is 1.98.